The van der Waals surface area contributed by atoms with E-state index >= 15 is 0 Å². The lowest BCUT2D eigenvalue weighted by Crippen LogP contribution is -2.18. The maximum atomic E-state index is 13.7. The van der Waals surface area contributed by atoms with Gasteiger partial charge in [-0.25, -0.2) is 4.39 Å². The number of nitrogens with zero attached hydrogens (tertiary/aromatic N) is 1. The molecule has 22 heavy (non-hydrogen) atoms. The zero-order chi connectivity index (χ0) is 15.3. The molecule has 1 aliphatic rings. The molecule has 3 aromatic rings. The molecule has 1 fully saturated rings. The molecule has 2 N–H and O–H groups in total. The highest BCUT2D eigenvalue weighted by Gasteiger charge is 2.22. The lowest BCUT2D eigenvalue weighted by molar-refractivity contribution is 0.100. The summed E-state index contributed by atoms with van der Waals surface area (Å²) in [7, 11) is 0. The molecule has 0 unspecified atom stereocenters. The third-order valence-corrected chi connectivity index (χ3v) is 4.69. The standard InChI is InChI=1S/C18H16FN2O/c19-12-7-8-13-16(9-12)21(10-11-3-1-4-11)15-6-2-5-14(17(13)15)18(20)22/h2,5-7,9,11H,1,3-4,10H2,(H2,20,22). The van der Waals surface area contributed by atoms with Crippen LogP contribution in [0.15, 0.2) is 30.3 Å². The third kappa shape index (κ3) is 1.90. The number of hydrogen-bond donors (Lipinski definition) is 1. The van der Waals surface area contributed by atoms with Crippen LogP contribution in [0.3, 0.4) is 0 Å². The van der Waals surface area contributed by atoms with Crippen LogP contribution < -0.4 is 5.73 Å². The molecular weight excluding hydrogens is 279 g/mol. The second kappa shape index (κ2) is 4.83. The smallest absolute Gasteiger partial charge is 0.249 e. The van der Waals surface area contributed by atoms with Gasteiger partial charge in [-0.3, -0.25) is 4.79 Å². The number of amides is 1. The molecule has 1 heterocycles. The molecule has 1 amide bonds. The van der Waals surface area contributed by atoms with E-state index in [9.17, 15) is 9.18 Å². The van der Waals surface area contributed by atoms with E-state index in [2.05, 4.69) is 10.6 Å². The number of rotatable bonds is 3. The van der Waals surface area contributed by atoms with Crippen molar-refractivity contribution in [2.75, 3.05) is 0 Å². The van der Waals surface area contributed by atoms with Gasteiger partial charge in [0.05, 0.1) is 5.52 Å². The van der Waals surface area contributed by atoms with Crippen molar-refractivity contribution in [3.05, 3.63) is 47.8 Å². The normalized spacial score (nSPS) is 15.3. The van der Waals surface area contributed by atoms with E-state index in [4.69, 9.17) is 5.73 Å². The van der Waals surface area contributed by atoms with Gasteiger partial charge in [0.15, 0.2) is 0 Å². The predicted octanol–water partition coefficient (Wildman–Crippen LogP) is 3.63. The maximum Gasteiger partial charge on any atom is 0.249 e. The van der Waals surface area contributed by atoms with Gasteiger partial charge >= 0.3 is 0 Å². The number of primary amides is 1. The first-order valence-electron chi connectivity index (χ1n) is 7.57. The van der Waals surface area contributed by atoms with Crippen LogP contribution in [0.5, 0.6) is 0 Å². The summed E-state index contributed by atoms with van der Waals surface area (Å²) in [6.07, 6.45) is 3.67. The van der Waals surface area contributed by atoms with Crippen LogP contribution in [0.4, 0.5) is 4.39 Å². The van der Waals surface area contributed by atoms with Crippen LogP contribution in [-0.4, -0.2) is 10.5 Å². The van der Waals surface area contributed by atoms with E-state index < -0.39 is 5.91 Å². The van der Waals surface area contributed by atoms with Gasteiger partial charge in [-0.2, -0.15) is 0 Å². The summed E-state index contributed by atoms with van der Waals surface area (Å²) in [6, 6.07) is 11.3. The lowest BCUT2D eigenvalue weighted by atomic mass is 9.85. The molecular formula is C18H16FN2O. The van der Waals surface area contributed by atoms with E-state index in [1.165, 1.54) is 31.4 Å². The fourth-order valence-corrected chi connectivity index (χ4v) is 3.37. The lowest BCUT2D eigenvalue weighted by Gasteiger charge is -2.26. The quantitative estimate of drug-likeness (QED) is 0.788. The van der Waals surface area contributed by atoms with E-state index in [-0.39, 0.29) is 5.82 Å². The molecule has 3 nitrogen and oxygen atoms in total. The number of fused-ring (bicyclic) bond motifs is 3. The Morgan fingerprint density at radius 3 is 2.86 bits per heavy atom. The molecule has 0 aliphatic heterocycles. The van der Waals surface area contributed by atoms with Gasteiger partial charge in [-0.05, 0) is 49.1 Å². The van der Waals surface area contributed by atoms with Crippen molar-refractivity contribution in [1.82, 2.24) is 4.57 Å². The molecule has 0 saturated heterocycles. The van der Waals surface area contributed by atoms with Gasteiger partial charge in [-0.15, -0.1) is 0 Å². The van der Waals surface area contributed by atoms with Crippen LogP contribution in [0.2, 0.25) is 0 Å². The number of carbonyl (C=O) groups excluding carboxylic acids is 1. The van der Waals surface area contributed by atoms with Crippen molar-refractivity contribution in [2.45, 2.75) is 25.8 Å². The molecule has 2 aromatic carbocycles. The fraction of sp³-hybridized carbons (Fsp3) is 0.278. The van der Waals surface area contributed by atoms with Crippen molar-refractivity contribution < 1.29 is 9.18 Å². The van der Waals surface area contributed by atoms with Gasteiger partial charge in [-0.1, -0.05) is 12.5 Å². The Morgan fingerprint density at radius 1 is 1.36 bits per heavy atom. The summed E-state index contributed by atoms with van der Waals surface area (Å²) in [5.74, 6) is -0.156. The van der Waals surface area contributed by atoms with Gasteiger partial charge in [0.2, 0.25) is 5.91 Å². The minimum atomic E-state index is -0.467. The summed E-state index contributed by atoms with van der Waals surface area (Å²) < 4.78 is 15.8. The minimum Gasteiger partial charge on any atom is -0.366 e. The first kappa shape index (κ1) is 13.3. The van der Waals surface area contributed by atoms with E-state index in [0.29, 0.717) is 11.5 Å². The molecule has 1 aliphatic carbocycles. The number of benzene rings is 2. The third-order valence-electron chi connectivity index (χ3n) is 4.69. The number of halogens is 1. The Bertz CT molecular complexity index is 893. The second-order valence-corrected chi connectivity index (χ2v) is 6.05. The molecule has 0 bridgehead atoms. The summed E-state index contributed by atoms with van der Waals surface area (Å²) in [5.41, 5.74) is 7.70. The van der Waals surface area contributed by atoms with Crippen LogP contribution in [0.25, 0.3) is 21.8 Å². The predicted molar refractivity (Wildman–Crippen MR) is 84.1 cm³/mol. The Balaban J connectivity index is 2.07. The van der Waals surface area contributed by atoms with Crippen LogP contribution in [-0.2, 0) is 6.54 Å². The number of aromatic nitrogens is 1. The topological polar surface area (TPSA) is 48.0 Å². The summed E-state index contributed by atoms with van der Waals surface area (Å²) in [6.45, 7) is 0.847. The van der Waals surface area contributed by atoms with Crippen molar-refractivity contribution in [1.29, 1.82) is 0 Å². The fourth-order valence-electron chi connectivity index (χ4n) is 3.37. The molecule has 0 spiro atoms. The zero-order valence-corrected chi connectivity index (χ0v) is 12.1. The molecule has 4 rings (SSSR count). The number of nitrogens with two attached hydrogens (primary N) is 1. The molecule has 0 atom stereocenters. The van der Waals surface area contributed by atoms with Gasteiger partial charge in [0.1, 0.15) is 5.82 Å². The first-order chi connectivity index (χ1) is 10.6. The van der Waals surface area contributed by atoms with Gasteiger partial charge < -0.3 is 10.3 Å². The zero-order valence-electron chi connectivity index (χ0n) is 12.1. The second-order valence-electron chi connectivity index (χ2n) is 6.05. The molecule has 111 valence electrons. The van der Waals surface area contributed by atoms with Gasteiger partial charge in [0.25, 0.3) is 0 Å². The van der Waals surface area contributed by atoms with Crippen LogP contribution in [0, 0.1) is 17.8 Å². The van der Waals surface area contributed by atoms with E-state index in [1.807, 2.05) is 12.1 Å². The highest BCUT2D eigenvalue weighted by atomic mass is 19.1. The monoisotopic (exact) mass is 295 g/mol. The van der Waals surface area contributed by atoms with Crippen molar-refractivity contribution in [3.63, 3.8) is 0 Å². The SMILES string of the molecule is NC(=O)c1cccc2c1c1[c]cc(F)cc1n2CC1CCC1. The molecule has 1 saturated carbocycles. The minimum absolute atomic E-state index is 0.314. The van der Waals surface area contributed by atoms with E-state index in [1.54, 1.807) is 6.07 Å². The molecule has 4 heteroatoms. The summed E-state index contributed by atoms with van der Waals surface area (Å²) >= 11 is 0. The maximum absolute atomic E-state index is 13.7. The van der Waals surface area contributed by atoms with Crippen LogP contribution >= 0.6 is 0 Å². The summed E-state index contributed by atoms with van der Waals surface area (Å²) in [4.78, 5) is 11.7. The highest BCUT2D eigenvalue weighted by Crippen LogP contribution is 2.35. The molecule has 1 radical (unpaired) electrons. The Labute approximate surface area is 127 Å². The van der Waals surface area contributed by atoms with E-state index in [0.717, 1.165) is 28.4 Å². The van der Waals surface area contributed by atoms with Crippen molar-refractivity contribution in [2.24, 2.45) is 11.7 Å². The first-order valence-corrected chi connectivity index (χ1v) is 7.57. The molecule has 1 aromatic heterocycles. The highest BCUT2D eigenvalue weighted by molar-refractivity contribution is 6.17. The Morgan fingerprint density at radius 2 is 2.18 bits per heavy atom. The average molecular weight is 295 g/mol. The Kier molecular flexibility index (Phi) is 2.93. The van der Waals surface area contributed by atoms with Crippen LogP contribution in [0.1, 0.15) is 29.6 Å². The number of carbonyl (C=O) groups is 1. The average Bonchev–Trinajstić information content (AvgIpc) is 2.75. The summed E-state index contributed by atoms with van der Waals surface area (Å²) in [5, 5.41) is 1.55. The largest absolute Gasteiger partial charge is 0.366 e. The van der Waals surface area contributed by atoms with Crippen molar-refractivity contribution in [3.8, 4) is 0 Å². The Hall–Kier alpha value is -2.36. The van der Waals surface area contributed by atoms with Crippen molar-refractivity contribution >= 4 is 27.7 Å². The number of hydrogen-bond acceptors (Lipinski definition) is 1. The van der Waals surface area contributed by atoms with Gasteiger partial charge in [0, 0.05) is 28.4 Å².